The van der Waals surface area contributed by atoms with Gasteiger partial charge in [-0.05, 0) is 43.9 Å². The molecule has 0 unspecified atom stereocenters. The van der Waals surface area contributed by atoms with Gasteiger partial charge in [-0.15, -0.1) is 0 Å². The highest BCUT2D eigenvalue weighted by Crippen LogP contribution is 2.18. The number of rotatable bonds is 6. The van der Waals surface area contributed by atoms with Crippen molar-refractivity contribution in [2.24, 2.45) is 4.99 Å². The molecule has 0 radical (unpaired) electrons. The lowest BCUT2D eigenvalue weighted by molar-refractivity contribution is -0.127. The Bertz CT molecular complexity index is 581. The molecular weight excluding hydrogens is 316 g/mol. The molecule has 1 fully saturated rings. The van der Waals surface area contributed by atoms with Crippen molar-refractivity contribution in [3.63, 3.8) is 0 Å². The van der Waals surface area contributed by atoms with Crippen molar-refractivity contribution in [3.05, 3.63) is 23.9 Å². The lowest BCUT2D eigenvalue weighted by Gasteiger charge is -2.27. The quantitative estimate of drug-likeness (QED) is 0.598. The number of piperidine rings is 1. The van der Waals surface area contributed by atoms with Gasteiger partial charge in [-0.3, -0.25) is 4.79 Å². The van der Waals surface area contributed by atoms with E-state index < -0.39 is 0 Å². The number of nitrogens with zero attached hydrogens (tertiary/aromatic N) is 4. The summed E-state index contributed by atoms with van der Waals surface area (Å²) in [6.45, 7) is 5.69. The number of carbonyl (C=O) groups excluding carboxylic acids is 1. The number of amides is 1. The zero-order valence-electron chi connectivity index (χ0n) is 15.6. The van der Waals surface area contributed by atoms with Gasteiger partial charge in [0.05, 0.1) is 13.1 Å². The second-order valence-corrected chi connectivity index (χ2v) is 6.41. The molecule has 7 nitrogen and oxygen atoms in total. The first-order chi connectivity index (χ1) is 12.1. The van der Waals surface area contributed by atoms with Gasteiger partial charge in [-0.2, -0.15) is 0 Å². The fourth-order valence-electron chi connectivity index (χ4n) is 2.68. The average Bonchev–Trinajstić information content (AvgIpc) is 2.64. The Kier molecular flexibility index (Phi) is 7.50. The number of likely N-dealkylation sites (N-methyl/N-ethyl adjacent to an activating group) is 1. The number of pyridine rings is 1. The first kappa shape index (κ1) is 19.0. The second-order valence-electron chi connectivity index (χ2n) is 6.41. The summed E-state index contributed by atoms with van der Waals surface area (Å²) < 4.78 is 0. The van der Waals surface area contributed by atoms with E-state index in [1.54, 1.807) is 19.0 Å². The molecule has 0 spiro atoms. The monoisotopic (exact) mass is 346 g/mol. The van der Waals surface area contributed by atoms with Crippen LogP contribution in [0.4, 0.5) is 5.82 Å². The highest BCUT2D eigenvalue weighted by molar-refractivity contribution is 5.86. The molecule has 1 aliphatic rings. The number of aliphatic imine (C=N–C) groups is 1. The van der Waals surface area contributed by atoms with Crippen LogP contribution in [-0.2, 0) is 11.3 Å². The van der Waals surface area contributed by atoms with Crippen molar-refractivity contribution in [2.75, 3.05) is 45.2 Å². The smallest absolute Gasteiger partial charge is 0.241 e. The van der Waals surface area contributed by atoms with Crippen LogP contribution in [0.25, 0.3) is 0 Å². The summed E-state index contributed by atoms with van der Waals surface area (Å²) in [7, 11) is 3.49. The summed E-state index contributed by atoms with van der Waals surface area (Å²) in [5, 5.41) is 6.24. The molecule has 1 aliphatic heterocycles. The van der Waals surface area contributed by atoms with Crippen molar-refractivity contribution in [2.45, 2.75) is 32.7 Å². The molecule has 0 aliphatic carbocycles. The van der Waals surface area contributed by atoms with Gasteiger partial charge < -0.3 is 20.4 Å². The Labute approximate surface area is 150 Å². The van der Waals surface area contributed by atoms with E-state index in [9.17, 15) is 4.79 Å². The first-order valence-corrected chi connectivity index (χ1v) is 9.02. The number of nitrogens with one attached hydrogen (secondary N) is 2. The van der Waals surface area contributed by atoms with Gasteiger partial charge in [-0.1, -0.05) is 0 Å². The fraction of sp³-hybridized carbons (Fsp3) is 0.611. The zero-order valence-corrected chi connectivity index (χ0v) is 15.6. The molecule has 2 N–H and O–H groups in total. The molecule has 0 saturated carbocycles. The summed E-state index contributed by atoms with van der Waals surface area (Å²) in [5.41, 5.74) is 1.12. The lowest BCUT2D eigenvalue weighted by atomic mass is 10.1. The first-order valence-electron chi connectivity index (χ1n) is 9.02. The maximum atomic E-state index is 11.7. The van der Waals surface area contributed by atoms with Crippen LogP contribution >= 0.6 is 0 Å². The van der Waals surface area contributed by atoms with Gasteiger partial charge >= 0.3 is 0 Å². The maximum absolute atomic E-state index is 11.7. The van der Waals surface area contributed by atoms with E-state index in [1.165, 1.54) is 19.3 Å². The van der Waals surface area contributed by atoms with Crippen molar-refractivity contribution < 1.29 is 4.79 Å². The number of guanidine groups is 1. The molecule has 1 saturated heterocycles. The predicted molar refractivity (Wildman–Crippen MR) is 102 cm³/mol. The maximum Gasteiger partial charge on any atom is 0.241 e. The minimum Gasteiger partial charge on any atom is -0.357 e. The Hall–Kier alpha value is -2.31. The highest BCUT2D eigenvalue weighted by Gasteiger charge is 2.12. The molecule has 0 atom stereocenters. The predicted octanol–water partition coefficient (Wildman–Crippen LogP) is 1.22. The van der Waals surface area contributed by atoms with Gasteiger partial charge in [-0.25, -0.2) is 9.98 Å². The third-order valence-electron chi connectivity index (χ3n) is 4.16. The number of aromatic nitrogens is 1. The third-order valence-corrected chi connectivity index (χ3v) is 4.16. The van der Waals surface area contributed by atoms with Crippen molar-refractivity contribution in [3.8, 4) is 0 Å². The molecular formula is C18H30N6O. The van der Waals surface area contributed by atoms with Crippen molar-refractivity contribution in [1.29, 1.82) is 0 Å². The molecule has 2 heterocycles. The highest BCUT2D eigenvalue weighted by atomic mass is 16.2. The number of hydrogen-bond acceptors (Lipinski definition) is 4. The number of carbonyl (C=O) groups is 1. The summed E-state index contributed by atoms with van der Waals surface area (Å²) in [6, 6.07) is 4.11. The molecule has 2 rings (SSSR count). The molecule has 1 amide bonds. The molecule has 138 valence electrons. The SMILES string of the molecule is CCNC(=NCc1ccnc(N2CCCCC2)c1)NCC(=O)N(C)C. The Morgan fingerprint density at radius 1 is 1.28 bits per heavy atom. The Morgan fingerprint density at radius 3 is 2.72 bits per heavy atom. The van der Waals surface area contributed by atoms with Gasteiger partial charge in [0.2, 0.25) is 5.91 Å². The number of anilines is 1. The van der Waals surface area contributed by atoms with Crippen LogP contribution in [0, 0.1) is 0 Å². The van der Waals surface area contributed by atoms with Gasteiger partial charge in [0.15, 0.2) is 5.96 Å². The van der Waals surface area contributed by atoms with Crippen LogP contribution in [0.1, 0.15) is 31.7 Å². The minimum absolute atomic E-state index is 0.0156. The van der Waals surface area contributed by atoms with Crippen LogP contribution in [0.5, 0.6) is 0 Å². The second kappa shape index (κ2) is 9.86. The summed E-state index contributed by atoms with van der Waals surface area (Å²) in [4.78, 5) is 24.7. The van der Waals surface area contributed by atoms with E-state index >= 15 is 0 Å². The van der Waals surface area contributed by atoms with E-state index in [0.29, 0.717) is 12.5 Å². The summed E-state index contributed by atoms with van der Waals surface area (Å²) in [6.07, 6.45) is 5.63. The Balaban J connectivity index is 1.97. The van der Waals surface area contributed by atoms with Gasteiger partial charge in [0.25, 0.3) is 0 Å². The molecule has 1 aromatic rings. The van der Waals surface area contributed by atoms with Crippen LogP contribution in [-0.4, -0.2) is 62.0 Å². The molecule has 0 aromatic carbocycles. The van der Waals surface area contributed by atoms with E-state index in [4.69, 9.17) is 0 Å². The summed E-state index contributed by atoms with van der Waals surface area (Å²) >= 11 is 0. The standard InChI is InChI=1S/C18H30N6O/c1-4-19-18(22-14-17(25)23(2)3)21-13-15-8-9-20-16(12-15)24-10-6-5-7-11-24/h8-9,12H,4-7,10-11,13-14H2,1-3H3,(H2,19,21,22). The van der Waals surface area contributed by atoms with Crippen LogP contribution in [0.15, 0.2) is 23.3 Å². The van der Waals surface area contributed by atoms with E-state index in [-0.39, 0.29) is 12.5 Å². The topological polar surface area (TPSA) is 72.9 Å². The normalized spacial score (nSPS) is 15.0. The molecule has 0 bridgehead atoms. The van der Waals surface area contributed by atoms with Crippen LogP contribution in [0.2, 0.25) is 0 Å². The third kappa shape index (κ3) is 6.25. The summed E-state index contributed by atoms with van der Waals surface area (Å²) in [5.74, 6) is 1.70. The van der Waals surface area contributed by atoms with Crippen LogP contribution in [0.3, 0.4) is 0 Å². The van der Waals surface area contributed by atoms with Crippen LogP contribution < -0.4 is 15.5 Å². The van der Waals surface area contributed by atoms with Gasteiger partial charge in [0.1, 0.15) is 5.82 Å². The minimum atomic E-state index is 0.0156. The van der Waals surface area contributed by atoms with Crippen molar-refractivity contribution >= 4 is 17.7 Å². The average molecular weight is 346 g/mol. The Morgan fingerprint density at radius 2 is 2.04 bits per heavy atom. The molecule has 25 heavy (non-hydrogen) atoms. The molecule has 1 aromatic heterocycles. The number of hydrogen-bond donors (Lipinski definition) is 2. The van der Waals surface area contributed by atoms with Gasteiger partial charge in [0, 0.05) is 39.9 Å². The fourth-order valence-corrected chi connectivity index (χ4v) is 2.68. The molecule has 7 heteroatoms. The van der Waals surface area contributed by atoms with Crippen molar-refractivity contribution in [1.82, 2.24) is 20.5 Å². The zero-order chi connectivity index (χ0) is 18.1. The van der Waals surface area contributed by atoms with E-state index in [1.807, 2.05) is 19.2 Å². The van der Waals surface area contributed by atoms with E-state index in [0.717, 1.165) is 31.0 Å². The largest absolute Gasteiger partial charge is 0.357 e. The lowest BCUT2D eigenvalue weighted by Crippen LogP contribution is -2.42. The van der Waals surface area contributed by atoms with E-state index in [2.05, 4.69) is 31.6 Å².